The molecule has 0 atom stereocenters. The molecule has 1 aliphatic heterocycles. The molecule has 1 amide bonds. The summed E-state index contributed by atoms with van der Waals surface area (Å²) in [6.45, 7) is 0. The molecule has 0 spiro atoms. The molecular weight excluding hydrogens is 144 g/mol. The lowest BCUT2D eigenvalue weighted by Crippen LogP contribution is -2.33. The number of carboxylic acid groups (broad SMARTS) is 1. The number of nitrogens with one attached hydrogen (secondary N) is 1. The van der Waals surface area contributed by atoms with Crippen molar-refractivity contribution in [2.24, 2.45) is 0 Å². The Labute approximate surface area is 64.1 Å². The van der Waals surface area contributed by atoms with Gasteiger partial charge in [0.05, 0.1) is 0 Å². The first-order valence-electron chi connectivity index (χ1n) is 3.08. The highest BCUT2D eigenvalue weighted by molar-refractivity contribution is 5.64. The SMILES string of the molecule is O=C(O)NN1C=CC=CC=C1. The number of hydrazine groups is 1. The van der Waals surface area contributed by atoms with Gasteiger partial charge in [-0.15, -0.1) is 0 Å². The van der Waals surface area contributed by atoms with Crippen molar-refractivity contribution >= 4 is 6.09 Å². The second-order valence-corrected chi connectivity index (χ2v) is 1.89. The molecule has 0 fully saturated rings. The number of hydrogen-bond donors (Lipinski definition) is 2. The van der Waals surface area contributed by atoms with Gasteiger partial charge in [-0.05, 0) is 12.2 Å². The van der Waals surface area contributed by atoms with Crippen molar-refractivity contribution in [3.05, 3.63) is 36.7 Å². The van der Waals surface area contributed by atoms with Crippen LogP contribution in [0.25, 0.3) is 0 Å². The lowest BCUT2D eigenvalue weighted by molar-refractivity contribution is 0.175. The van der Waals surface area contributed by atoms with Crippen LogP contribution in [0.2, 0.25) is 0 Å². The highest BCUT2D eigenvalue weighted by Crippen LogP contribution is 1.93. The molecule has 0 aromatic rings. The minimum absolute atomic E-state index is 1.08. The average Bonchev–Trinajstić information content (AvgIpc) is 2.14. The third-order valence-corrected chi connectivity index (χ3v) is 1.05. The summed E-state index contributed by atoms with van der Waals surface area (Å²) in [5.41, 5.74) is 2.16. The summed E-state index contributed by atoms with van der Waals surface area (Å²) in [4.78, 5) is 10.1. The first-order valence-corrected chi connectivity index (χ1v) is 3.08. The van der Waals surface area contributed by atoms with Crippen molar-refractivity contribution < 1.29 is 9.90 Å². The maximum absolute atomic E-state index is 10.1. The van der Waals surface area contributed by atoms with Crippen LogP contribution in [0.1, 0.15) is 0 Å². The van der Waals surface area contributed by atoms with E-state index in [1.807, 2.05) is 0 Å². The number of amides is 1. The van der Waals surface area contributed by atoms with Crippen LogP contribution >= 0.6 is 0 Å². The van der Waals surface area contributed by atoms with E-state index in [-0.39, 0.29) is 0 Å². The lowest BCUT2D eigenvalue weighted by Gasteiger charge is -2.12. The molecule has 0 radical (unpaired) electrons. The summed E-state index contributed by atoms with van der Waals surface area (Å²) in [5.74, 6) is 0. The second-order valence-electron chi connectivity index (χ2n) is 1.89. The van der Waals surface area contributed by atoms with Gasteiger partial charge < -0.3 is 5.11 Å². The molecule has 0 aromatic carbocycles. The van der Waals surface area contributed by atoms with E-state index in [1.165, 1.54) is 5.01 Å². The van der Waals surface area contributed by atoms with E-state index in [0.717, 1.165) is 0 Å². The van der Waals surface area contributed by atoms with E-state index in [4.69, 9.17) is 5.11 Å². The van der Waals surface area contributed by atoms with Gasteiger partial charge in [-0.2, -0.15) is 0 Å². The number of rotatable bonds is 1. The normalized spacial score (nSPS) is 14.7. The smallest absolute Gasteiger partial charge is 0.423 e. The van der Waals surface area contributed by atoms with Crippen LogP contribution in [0, 0.1) is 0 Å². The van der Waals surface area contributed by atoms with Crippen molar-refractivity contribution in [3.63, 3.8) is 0 Å². The van der Waals surface area contributed by atoms with Gasteiger partial charge in [0.15, 0.2) is 0 Å². The number of carbonyl (C=O) groups is 1. The zero-order valence-electron chi connectivity index (χ0n) is 5.77. The minimum Gasteiger partial charge on any atom is -0.464 e. The third-order valence-electron chi connectivity index (χ3n) is 1.05. The van der Waals surface area contributed by atoms with Gasteiger partial charge in [-0.25, -0.2) is 10.2 Å². The summed E-state index contributed by atoms with van der Waals surface area (Å²) < 4.78 is 0. The first-order chi connectivity index (χ1) is 5.29. The van der Waals surface area contributed by atoms with E-state index >= 15 is 0 Å². The van der Waals surface area contributed by atoms with E-state index in [0.29, 0.717) is 0 Å². The third kappa shape index (κ3) is 2.57. The zero-order valence-corrected chi connectivity index (χ0v) is 5.77. The van der Waals surface area contributed by atoms with E-state index in [2.05, 4.69) is 5.43 Å². The topological polar surface area (TPSA) is 52.6 Å². The maximum Gasteiger partial charge on any atom is 0.423 e. The van der Waals surface area contributed by atoms with Crippen molar-refractivity contribution in [2.45, 2.75) is 0 Å². The standard InChI is InChI=1S/C7H8N2O2/c10-7(11)8-9-5-3-1-2-4-6-9/h1-6,8H,(H,10,11). The van der Waals surface area contributed by atoms with Gasteiger partial charge in [0, 0.05) is 12.4 Å². The molecule has 1 rings (SSSR count). The van der Waals surface area contributed by atoms with Gasteiger partial charge in [0.1, 0.15) is 0 Å². The summed E-state index contributed by atoms with van der Waals surface area (Å²) in [5, 5.41) is 9.67. The highest BCUT2D eigenvalue weighted by atomic mass is 16.4. The molecule has 58 valence electrons. The molecule has 1 aliphatic rings. The van der Waals surface area contributed by atoms with Gasteiger partial charge >= 0.3 is 6.09 Å². The van der Waals surface area contributed by atoms with Crippen molar-refractivity contribution in [1.29, 1.82) is 0 Å². The van der Waals surface area contributed by atoms with Crippen LogP contribution in [0.3, 0.4) is 0 Å². The molecule has 0 bridgehead atoms. The Kier molecular flexibility index (Phi) is 2.32. The summed E-state index contributed by atoms with van der Waals surface area (Å²) in [7, 11) is 0. The molecule has 0 unspecified atom stereocenters. The van der Waals surface area contributed by atoms with Crippen LogP contribution in [-0.4, -0.2) is 16.2 Å². The van der Waals surface area contributed by atoms with E-state index in [9.17, 15) is 4.79 Å². The Hall–Kier alpha value is -1.71. The van der Waals surface area contributed by atoms with Gasteiger partial charge in [-0.1, -0.05) is 12.2 Å². The quantitative estimate of drug-likeness (QED) is 0.590. The Morgan fingerprint density at radius 1 is 1.18 bits per heavy atom. The van der Waals surface area contributed by atoms with Gasteiger partial charge in [0.25, 0.3) is 0 Å². The molecule has 11 heavy (non-hydrogen) atoms. The molecule has 0 saturated carbocycles. The second kappa shape index (κ2) is 3.46. The highest BCUT2D eigenvalue weighted by Gasteiger charge is 1.97. The van der Waals surface area contributed by atoms with Crippen molar-refractivity contribution in [3.8, 4) is 0 Å². The van der Waals surface area contributed by atoms with Gasteiger partial charge in [0.2, 0.25) is 0 Å². The Bertz CT molecular complexity index is 215. The Balaban J connectivity index is 2.53. The summed E-state index contributed by atoms with van der Waals surface area (Å²) in [6, 6.07) is 0. The van der Waals surface area contributed by atoms with Crippen LogP contribution in [0.15, 0.2) is 36.7 Å². The van der Waals surface area contributed by atoms with Crippen molar-refractivity contribution in [1.82, 2.24) is 10.4 Å². The molecule has 1 heterocycles. The first kappa shape index (κ1) is 7.40. The van der Waals surface area contributed by atoms with E-state index in [1.54, 1.807) is 36.7 Å². The maximum atomic E-state index is 10.1. The van der Waals surface area contributed by atoms with Crippen LogP contribution in [0.4, 0.5) is 4.79 Å². The Morgan fingerprint density at radius 2 is 1.73 bits per heavy atom. The fourth-order valence-corrected chi connectivity index (χ4v) is 0.648. The van der Waals surface area contributed by atoms with Crippen LogP contribution < -0.4 is 5.43 Å². The largest absolute Gasteiger partial charge is 0.464 e. The summed E-state index contributed by atoms with van der Waals surface area (Å²) >= 11 is 0. The van der Waals surface area contributed by atoms with Crippen LogP contribution in [0.5, 0.6) is 0 Å². The van der Waals surface area contributed by atoms with Crippen LogP contribution in [-0.2, 0) is 0 Å². The molecule has 2 N–H and O–H groups in total. The Morgan fingerprint density at radius 3 is 2.18 bits per heavy atom. The number of hydrogen-bond acceptors (Lipinski definition) is 2. The number of allylic oxidation sites excluding steroid dienone is 4. The average molecular weight is 152 g/mol. The molecular formula is C7H8N2O2. The number of nitrogens with zero attached hydrogens (tertiary/aromatic N) is 1. The predicted molar refractivity (Wildman–Crippen MR) is 40.4 cm³/mol. The molecule has 0 aliphatic carbocycles. The lowest BCUT2D eigenvalue weighted by atomic mass is 10.5. The molecule has 0 aromatic heterocycles. The fourth-order valence-electron chi connectivity index (χ4n) is 0.648. The molecule has 4 heteroatoms. The molecule has 4 nitrogen and oxygen atoms in total. The summed E-state index contributed by atoms with van der Waals surface area (Å²) in [6.07, 6.45) is 9.20. The molecule has 0 saturated heterocycles. The van der Waals surface area contributed by atoms with Gasteiger partial charge in [-0.3, -0.25) is 5.01 Å². The van der Waals surface area contributed by atoms with E-state index < -0.39 is 6.09 Å². The monoisotopic (exact) mass is 152 g/mol. The predicted octanol–water partition coefficient (Wildman–Crippen LogP) is 1.07. The zero-order chi connectivity index (χ0) is 8.10. The minimum atomic E-state index is -1.08. The van der Waals surface area contributed by atoms with Crippen molar-refractivity contribution in [2.75, 3.05) is 0 Å². The fraction of sp³-hybridized carbons (Fsp3) is 0.